The van der Waals surface area contributed by atoms with Crippen LogP contribution in [0.2, 0.25) is 0 Å². The van der Waals surface area contributed by atoms with Gasteiger partial charge in [-0.2, -0.15) is 5.10 Å². The molecule has 2 fully saturated rings. The Bertz CT molecular complexity index is 1430. The fourth-order valence-corrected chi connectivity index (χ4v) is 7.35. The molecule has 3 aromatic carbocycles. The molecule has 3 aliphatic rings. The Morgan fingerprint density at radius 3 is 2.06 bits per heavy atom. The Balaban J connectivity index is 1.24. The molecule has 4 atom stereocenters. The number of nitrogens with one attached hydrogen (secondary N) is 1. The molecule has 2 bridgehead atoms. The molecule has 0 radical (unpaired) electrons. The number of fused-ring (bicyclic) bond motifs is 6. The van der Waals surface area contributed by atoms with E-state index in [0.717, 1.165) is 10.9 Å². The van der Waals surface area contributed by atoms with Gasteiger partial charge >= 0.3 is 0 Å². The molecule has 170 valence electrons. The maximum Gasteiger partial charge on any atom is 0.289 e. The minimum atomic E-state index is -0.290. The summed E-state index contributed by atoms with van der Waals surface area (Å²) in [6.07, 6.45) is 7.97. The minimum absolute atomic E-state index is 0.0372. The zero-order valence-electron chi connectivity index (χ0n) is 19.2. The number of nitrogens with zero attached hydrogens (tertiary/aromatic N) is 2. The number of carbonyl (C=O) groups is 1. The summed E-state index contributed by atoms with van der Waals surface area (Å²) in [5, 5.41) is 5.53. The number of para-hydroxylation sites is 1. The van der Waals surface area contributed by atoms with Gasteiger partial charge in [0, 0.05) is 28.3 Å². The molecule has 35 heavy (non-hydrogen) atoms. The molecule has 1 N–H and O–H groups in total. The van der Waals surface area contributed by atoms with Crippen LogP contribution < -0.4 is 5.43 Å². The molecule has 1 heterocycles. The molecule has 4 heteroatoms. The zero-order valence-corrected chi connectivity index (χ0v) is 19.2. The molecular weight excluding hydrogens is 430 g/mol. The number of benzene rings is 3. The van der Waals surface area contributed by atoms with Crippen molar-refractivity contribution in [1.29, 1.82) is 0 Å². The topological polar surface area (TPSA) is 54.4 Å². The van der Waals surface area contributed by atoms with E-state index in [1.807, 2.05) is 36.5 Å². The van der Waals surface area contributed by atoms with Gasteiger partial charge < -0.3 is 0 Å². The first-order chi connectivity index (χ1) is 17.3. The van der Waals surface area contributed by atoms with Crippen molar-refractivity contribution in [2.45, 2.75) is 17.3 Å². The smallest absolute Gasteiger partial charge is 0.266 e. The van der Waals surface area contributed by atoms with Crippen LogP contribution in [0.5, 0.6) is 0 Å². The first-order valence-corrected chi connectivity index (χ1v) is 12.2. The van der Waals surface area contributed by atoms with E-state index in [1.54, 1.807) is 6.07 Å². The maximum absolute atomic E-state index is 12.9. The van der Waals surface area contributed by atoms with Crippen LogP contribution in [0.15, 0.2) is 114 Å². The second kappa shape index (κ2) is 7.47. The molecule has 1 amide bonds. The summed E-state index contributed by atoms with van der Waals surface area (Å²) in [6.45, 7) is 0. The van der Waals surface area contributed by atoms with Crippen molar-refractivity contribution < 1.29 is 4.79 Å². The first-order valence-electron chi connectivity index (χ1n) is 12.2. The lowest BCUT2D eigenvalue weighted by Crippen LogP contribution is -2.26. The number of rotatable bonds is 5. The fraction of sp³-hybridized carbons (Fsp3) is 0.194. The molecular formula is C31H25N3O. The van der Waals surface area contributed by atoms with Crippen LogP contribution >= 0.6 is 0 Å². The van der Waals surface area contributed by atoms with Gasteiger partial charge in [0.25, 0.3) is 5.91 Å². The summed E-state index contributed by atoms with van der Waals surface area (Å²) >= 11 is 0. The Labute approximate surface area is 204 Å². The van der Waals surface area contributed by atoms with E-state index >= 15 is 0 Å². The summed E-state index contributed by atoms with van der Waals surface area (Å²) < 4.78 is 0. The van der Waals surface area contributed by atoms with Gasteiger partial charge in [0.1, 0.15) is 5.69 Å². The van der Waals surface area contributed by atoms with Crippen LogP contribution in [0.3, 0.4) is 0 Å². The highest BCUT2D eigenvalue weighted by atomic mass is 16.2. The number of hydrogen-bond acceptors (Lipinski definition) is 3. The molecule has 7 rings (SSSR count). The monoisotopic (exact) mass is 455 g/mol. The quantitative estimate of drug-likeness (QED) is 0.240. The van der Waals surface area contributed by atoms with Crippen molar-refractivity contribution in [1.82, 2.24) is 10.4 Å². The molecule has 4 unspecified atom stereocenters. The second-order valence-electron chi connectivity index (χ2n) is 9.89. The van der Waals surface area contributed by atoms with Crippen LogP contribution in [-0.2, 0) is 10.8 Å². The van der Waals surface area contributed by atoms with Crippen molar-refractivity contribution in [2.24, 2.45) is 22.9 Å². The van der Waals surface area contributed by atoms with Crippen LogP contribution in [0.25, 0.3) is 10.9 Å². The number of hydrazone groups is 1. The molecule has 4 aromatic rings. The lowest BCUT2D eigenvalue weighted by molar-refractivity contribution is 0.0950. The Morgan fingerprint density at radius 2 is 1.40 bits per heavy atom. The van der Waals surface area contributed by atoms with Gasteiger partial charge in [0.2, 0.25) is 0 Å². The standard InChI is InChI=1S/C31H25N3O/c35-29(27-18-15-21-9-7-8-14-26(21)33-27)34-32-20-28-30(22-10-3-1-4-11-22)24-16-17-25(19-24)31(28,30)23-12-5-2-6-13-23/h1-18,20,24-25,28H,19H2,(H,34,35)/b32-20-. The zero-order chi connectivity index (χ0) is 23.5. The van der Waals surface area contributed by atoms with E-state index in [4.69, 9.17) is 0 Å². The third-order valence-corrected chi connectivity index (χ3v) is 8.56. The number of allylic oxidation sites excluding steroid dienone is 2. The highest BCUT2D eigenvalue weighted by molar-refractivity contribution is 5.95. The van der Waals surface area contributed by atoms with Gasteiger partial charge in [-0.1, -0.05) is 97.1 Å². The molecule has 0 saturated heterocycles. The summed E-state index contributed by atoms with van der Waals surface area (Å²) in [4.78, 5) is 17.4. The van der Waals surface area contributed by atoms with E-state index in [0.29, 0.717) is 17.5 Å². The van der Waals surface area contributed by atoms with Gasteiger partial charge in [-0.25, -0.2) is 10.4 Å². The normalized spacial score (nSPS) is 30.0. The fourth-order valence-electron chi connectivity index (χ4n) is 7.35. The number of aromatic nitrogens is 1. The average Bonchev–Trinajstić information content (AvgIpc) is 3.15. The number of carbonyl (C=O) groups excluding carboxylic acids is 1. The van der Waals surface area contributed by atoms with Crippen LogP contribution in [0.4, 0.5) is 0 Å². The predicted octanol–water partition coefficient (Wildman–Crippen LogP) is 5.66. The van der Waals surface area contributed by atoms with Gasteiger partial charge in [0.15, 0.2) is 0 Å². The summed E-state index contributed by atoms with van der Waals surface area (Å²) in [7, 11) is 0. The molecule has 0 spiro atoms. The Morgan fingerprint density at radius 1 is 0.800 bits per heavy atom. The van der Waals surface area contributed by atoms with Gasteiger partial charge in [-0.15, -0.1) is 0 Å². The highest BCUT2D eigenvalue weighted by Crippen LogP contribution is 2.83. The van der Waals surface area contributed by atoms with Gasteiger partial charge in [0.05, 0.1) is 5.52 Å². The average molecular weight is 456 g/mol. The summed E-state index contributed by atoms with van der Waals surface area (Å²) in [6, 6.07) is 33.2. The number of pyridine rings is 1. The van der Waals surface area contributed by atoms with E-state index < -0.39 is 0 Å². The second-order valence-corrected chi connectivity index (χ2v) is 9.89. The van der Waals surface area contributed by atoms with E-state index in [2.05, 4.69) is 88.3 Å². The summed E-state index contributed by atoms with van der Waals surface area (Å²) in [5.74, 6) is 0.832. The van der Waals surface area contributed by atoms with Crippen molar-refractivity contribution in [2.75, 3.05) is 0 Å². The van der Waals surface area contributed by atoms with Gasteiger partial charge in [-0.3, -0.25) is 4.79 Å². The molecule has 1 aromatic heterocycles. The van der Waals surface area contributed by atoms with Crippen LogP contribution in [0.1, 0.15) is 28.0 Å². The number of amides is 1. The minimum Gasteiger partial charge on any atom is -0.266 e. The molecule has 3 aliphatic carbocycles. The lowest BCUT2D eigenvalue weighted by atomic mass is 9.75. The van der Waals surface area contributed by atoms with E-state index in [-0.39, 0.29) is 22.7 Å². The predicted molar refractivity (Wildman–Crippen MR) is 138 cm³/mol. The summed E-state index contributed by atoms with van der Waals surface area (Å²) in [5.41, 5.74) is 6.58. The third kappa shape index (κ3) is 2.65. The van der Waals surface area contributed by atoms with Crippen molar-refractivity contribution in [3.05, 3.63) is 126 Å². The Kier molecular flexibility index (Phi) is 4.34. The Hall–Kier alpha value is -4.05. The third-order valence-electron chi connectivity index (χ3n) is 8.56. The van der Waals surface area contributed by atoms with Crippen LogP contribution in [-0.4, -0.2) is 17.1 Å². The largest absolute Gasteiger partial charge is 0.289 e. The molecule has 2 saturated carbocycles. The maximum atomic E-state index is 12.9. The van der Waals surface area contributed by atoms with Crippen LogP contribution in [0, 0.1) is 17.8 Å². The van der Waals surface area contributed by atoms with Crippen molar-refractivity contribution in [3.8, 4) is 0 Å². The van der Waals surface area contributed by atoms with Crippen molar-refractivity contribution >= 4 is 23.0 Å². The van der Waals surface area contributed by atoms with Crippen molar-refractivity contribution in [3.63, 3.8) is 0 Å². The van der Waals surface area contributed by atoms with E-state index in [9.17, 15) is 4.79 Å². The van der Waals surface area contributed by atoms with E-state index in [1.165, 1.54) is 17.5 Å². The number of hydrogen-bond donors (Lipinski definition) is 1. The highest BCUT2D eigenvalue weighted by Gasteiger charge is 2.85. The molecule has 4 nitrogen and oxygen atoms in total. The van der Waals surface area contributed by atoms with Gasteiger partial charge in [-0.05, 0) is 41.5 Å². The lowest BCUT2D eigenvalue weighted by Gasteiger charge is -2.27. The first kappa shape index (κ1) is 20.3. The SMILES string of the molecule is O=C(N/N=C\C1C2(c3ccccc3)C3C=CC(C3)C12c1ccccc1)c1ccc2ccccc2n1. The molecule has 0 aliphatic heterocycles.